The summed E-state index contributed by atoms with van der Waals surface area (Å²) < 4.78 is 5.26. The number of Topliss-reactive ketones (excluding diaryl/α,β-unsaturated/α-hetero) is 1. The predicted molar refractivity (Wildman–Crippen MR) is 80.2 cm³/mol. The highest BCUT2D eigenvalue weighted by atomic mass is 16.3. The molecule has 2 N–H and O–H groups in total. The number of anilines is 1. The molecule has 0 aliphatic carbocycles. The minimum absolute atomic E-state index is 0.00168. The van der Waals surface area contributed by atoms with Crippen LogP contribution in [0.1, 0.15) is 36.0 Å². The number of furan rings is 1. The molecule has 1 atom stereocenters. The average Bonchev–Trinajstić information content (AvgIpc) is 2.99. The van der Waals surface area contributed by atoms with Gasteiger partial charge in [-0.3, -0.25) is 14.9 Å². The van der Waals surface area contributed by atoms with Gasteiger partial charge in [0.2, 0.25) is 5.91 Å². The van der Waals surface area contributed by atoms with E-state index in [0.717, 1.165) is 5.76 Å². The van der Waals surface area contributed by atoms with Gasteiger partial charge in [-0.05, 0) is 50.2 Å². The average molecular weight is 286 g/mol. The van der Waals surface area contributed by atoms with Crippen molar-refractivity contribution in [3.63, 3.8) is 0 Å². The van der Waals surface area contributed by atoms with Crippen molar-refractivity contribution in [1.82, 2.24) is 5.32 Å². The van der Waals surface area contributed by atoms with E-state index in [1.54, 1.807) is 30.5 Å². The fourth-order valence-corrected chi connectivity index (χ4v) is 1.88. The number of carbonyl (C=O) groups is 2. The molecule has 0 saturated carbocycles. The third kappa shape index (κ3) is 4.29. The van der Waals surface area contributed by atoms with Crippen LogP contribution < -0.4 is 10.6 Å². The Balaban J connectivity index is 1.83. The molecule has 1 amide bonds. The summed E-state index contributed by atoms with van der Waals surface area (Å²) in [4.78, 5) is 23.0. The van der Waals surface area contributed by atoms with E-state index in [4.69, 9.17) is 4.42 Å². The van der Waals surface area contributed by atoms with Crippen molar-refractivity contribution in [2.24, 2.45) is 0 Å². The Labute approximate surface area is 123 Å². The highest BCUT2D eigenvalue weighted by Crippen LogP contribution is 2.12. The number of nitrogens with one attached hydrogen (secondary N) is 2. The Kier molecular flexibility index (Phi) is 4.90. The van der Waals surface area contributed by atoms with Gasteiger partial charge in [0.25, 0.3) is 0 Å². The van der Waals surface area contributed by atoms with Gasteiger partial charge in [0.1, 0.15) is 5.76 Å². The SMILES string of the molecule is CC(=O)c1ccc(NC(=O)CN[C@@H](C)c2ccco2)cc1. The van der Waals surface area contributed by atoms with Crippen molar-refractivity contribution < 1.29 is 14.0 Å². The molecule has 0 unspecified atom stereocenters. The maximum absolute atomic E-state index is 11.8. The standard InChI is InChI=1S/C16H18N2O3/c1-11(15-4-3-9-21-15)17-10-16(20)18-14-7-5-13(6-8-14)12(2)19/h3-9,11,17H,10H2,1-2H3,(H,18,20)/t11-/m0/s1. The van der Waals surface area contributed by atoms with Gasteiger partial charge in [-0.1, -0.05) is 0 Å². The molecule has 0 radical (unpaired) electrons. The molecule has 0 bridgehead atoms. The molecular formula is C16H18N2O3. The highest BCUT2D eigenvalue weighted by Gasteiger charge is 2.10. The normalized spacial score (nSPS) is 11.9. The van der Waals surface area contributed by atoms with Gasteiger partial charge in [0, 0.05) is 11.3 Å². The summed E-state index contributed by atoms with van der Waals surface area (Å²) in [6.45, 7) is 3.61. The number of rotatable bonds is 6. The van der Waals surface area contributed by atoms with Crippen LogP contribution in [0.15, 0.2) is 47.1 Å². The van der Waals surface area contributed by atoms with Crippen LogP contribution in [0, 0.1) is 0 Å². The molecule has 21 heavy (non-hydrogen) atoms. The molecule has 0 fully saturated rings. The van der Waals surface area contributed by atoms with Crippen LogP contribution >= 0.6 is 0 Å². The Morgan fingerprint density at radius 2 is 1.90 bits per heavy atom. The Bertz CT molecular complexity index is 603. The lowest BCUT2D eigenvalue weighted by atomic mass is 10.1. The van der Waals surface area contributed by atoms with Crippen LogP contribution in [0.3, 0.4) is 0 Å². The minimum Gasteiger partial charge on any atom is -0.468 e. The summed E-state index contributed by atoms with van der Waals surface area (Å²) >= 11 is 0. The van der Waals surface area contributed by atoms with Crippen molar-refractivity contribution in [1.29, 1.82) is 0 Å². The van der Waals surface area contributed by atoms with Crippen LogP contribution in [0.5, 0.6) is 0 Å². The van der Waals surface area contributed by atoms with Crippen molar-refractivity contribution in [3.05, 3.63) is 54.0 Å². The Hall–Kier alpha value is -2.40. The van der Waals surface area contributed by atoms with Crippen molar-refractivity contribution in [2.45, 2.75) is 19.9 Å². The van der Waals surface area contributed by atoms with Crippen molar-refractivity contribution >= 4 is 17.4 Å². The first-order valence-corrected chi connectivity index (χ1v) is 6.74. The maximum Gasteiger partial charge on any atom is 0.238 e. The van der Waals surface area contributed by atoms with Gasteiger partial charge < -0.3 is 9.73 Å². The van der Waals surface area contributed by atoms with Gasteiger partial charge in [-0.25, -0.2) is 0 Å². The Morgan fingerprint density at radius 3 is 2.48 bits per heavy atom. The van der Waals surface area contributed by atoms with E-state index in [1.807, 2.05) is 19.1 Å². The van der Waals surface area contributed by atoms with E-state index in [0.29, 0.717) is 11.3 Å². The molecule has 1 heterocycles. The van der Waals surface area contributed by atoms with Gasteiger partial charge in [-0.2, -0.15) is 0 Å². The smallest absolute Gasteiger partial charge is 0.238 e. The van der Waals surface area contributed by atoms with E-state index in [2.05, 4.69) is 10.6 Å². The predicted octanol–water partition coefficient (Wildman–Crippen LogP) is 2.77. The molecule has 5 nitrogen and oxygen atoms in total. The number of benzene rings is 1. The molecule has 5 heteroatoms. The first-order valence-electron chi connectivity index (χ1n) is 6.74. The first-order chi connectivity index (χ1) is 10.1. The molecule has 0 aliphatic heterocycles. The fraction of sp³-hybridized carbons (Fsp3) is 0.250. The third-order valence-corrected chi connectivity index (χ3v) is 3.11. The fourth-order valence-electron chi connectivity index (χ4n) is 1.88. The summed E-state index contributed by atoms with van der Waals surface area (Å²) in [6, 6.07) is 10.4. The number of hydrogen-bond acceptors (Lipinski definition) is 4. The van der Waals surface area contributed by atoms with Gasteiger partial charge in [0.05, 0.1) is 18.8 Å². The molecule has 0 aliphatic rings. The van der Waals surface area contributed by atoms with E-state index in [-0.39, 0.29) is 24.3 Å². The summed E-state index contributed by atoms with van der Waals surface area (Å²) in [5.41, 5.74) is 1.29. The minimum atomic E-state index is -0.149. The topological polar surface area (TPSA) is 71.3 Å². The van der Waals surface area contributed by atoms with Crippen molar-refractivity contribution in [2.75, 3.05) is 11.9 Å². The largest absolute Gasteiger partial charge is 0.468 e. The van der Waals surface area contributed by atoms with Crippen LogP contribution in [0.2, 0.25) is 0 Å². The molecular weight excluding hydrogens is 268 g/mol. The zero-order valence-corrected chi connectivity index (χ0v) is 12.1. The lowest BCUT2D eigenvalue weighted by Crippen LogP contribution is -2.29. The second kappa shape index (κ2) is 6.85. The molecule has 0 saturated heterocycles. The molecule has 110 valence electrons. The van der Waals surface area contributed by atoms with Crippen LogP contribution in [0.4, 0.5) is 5.69 Å². The monoisotopic (exact) mass is 286 g/mol. The lowest BCUT2D eigenvalue weighted by Gasteiger charge is -2.11. The first kappa shape index (κ1) is 15.0. The number of hydrogen-bond donors (Lipinski definition) is 2. The number of ketones is 1. The van der Waals surface area contributed by atoms with E-state index in [1.165, 1.54) is 6.92 Å². The summed E-state index contributed by atoms with van der Waals surface area (Å²) in [5.74, 6) is 0.638. The van der Waals surface area contributed by atoms with E-state index >= 15 is 0 Å². The zero-order valence-electron chi connectivity index (χ0n) is 12.1. The third-order valence-electron chi connectivity index (χ3n) is 3.11. The second-order valence-electron chi connectivity index (χ2n) is 4.80. The van der Waals surface area contributed by atoms with Gasteiger partial charge in [0.15, 0.2) is 5.78 Å². The number of amides is 1. The quantitative estimate of drug-likeness (QED) is 0.801. The van der Waals surface area contributed by atoms with Gasteiger partial charge in [-0.15, -0.1) is 0 Å². The Morgan fingerprint density at radius 1 is 1.19 bits per heavy atom. The summed E-state index contributed by atoms with van der Waals surface area (Å²) in [5, 5.41) is 5.84. The maximum atomic E-state index is 11.8. The lowest BCUT2D eigenvalue weighted by molar-refractivity contribution is -0.115. The van der Waals surface area contributed by atoms with E-state index in [9.17, 15) is 9.59 Å². The van der Waals surface area contributed by atoms with E-state index < -0.39 is 0 Å². The van der Waals surface area contributed by atoms with Crippen LogP contribution in [-0.4, -0.2) is 18.2 Å². The molecule has 1 aromatic carbocycles. The molecule has 2 aromatic rings. The van der Waals surface area contributed by atoms with Gasteiger partial charge >= 0.3 is 0 Å². The zero-order chi connectivity index (χ0) is 15.2. The molecule has 2 rings (SSSR count). The van der Waals surface area contributed by atoms with Crippen molar-refractivity contribution in [3.8, 4) is 0 Å². The molecule has 0 spiro atoms. The summed E-state index contributed by atoms with van der Waals surface area (Å²) in [6.07, 6.45) is 1.60. The van der Waals surface area contributed by atoms with Crippen LogP contribution in [-0.2, 0) is 4.79 Å². The summed E-state index contributed by atoms with van der Waals surface area (Å²) in [7, 11) is 0. The highest BCUT2D eigenvalue weighted by molar-refractivity contribution is 5.96. The number of carbonyl (C=O) groups excluding carboxylic acids is 2. The van der Waals surface area contributed by atoms with Crippen LogP contribution in [0.25, 0.3) is 0 Å². The molecule has 1 aromatic heterocycles. The second-order valence-corrected chi connectivity index (χ2v) is 4.80.